The first-order valence-corrected chi connectivity index (χ1v) is 11.9. The number of allylic oxidation sites excluding steroid dienone is 1. The van der Waals surface area contributed by atoms with Gasteiger partial charge in [-0.05, 0) is 48.3 Å². The molecule has 0 bridgehead atoms. The number of amides is 1. The summed E-state index contributed by atoms with van der Waals surface area (Å²) in [7, 11) is 1.33. The quantitative estimate of drug-likeness (QED) is 0.604. The van der Waals surface area contributed by atoms with Gasteiger partial charge in [-0.1, -0.05) is 37.7 Å². The fourth-order valence-corrected chi connectivity index (χ4v) is 5.37. The van der Waals surface area contributed by atoms with Gasteiger partial charge in [0.25, 0.3) is 0 Å². The van der Waals surface area contributed by atoms with Crippen molar-refractivity contribution in [1.29, 1.82) is 0 Å². The summed E-state index contributed by atoms with van der Waals surface area (Å²) in [6, 6.07) is 5.62. The average Bonchev–Trinajstić information content (AvgIpc) is 3.19. The Labute approximate surface area is 192 Å². The number of likely N-dealkylation sites (tertiary alicyclic amines) is 1. The highest BCUT2D eigenvalue weighted by atomic mass is 32.2. The van der Waals surface area contributed by atoms with Crippen LogP contribution in [0.3, 0.4) is 0 Å². The maximum Gasteiger partial charge on any atom is 0.338 e. The molecule has 1 unspecified atom stereocenters. The van der Waals surface area contributed by atoms with Crippen LogP contribution in [0.1, 0.15) is 51.1 Å². The van der Waals surface area contributed by atoms with E-state index in [4.69, 9.17) is 9.73 Å². The summed E-state index contributed by atoms with van der Waals surface area (Å²) in [4.78, 5) is 34.4. The molecule has 0 radical (unpaired) electrons. The minimum Gasteiger partial charge on any atom is -0.466 e. The first-order chi connectivity index (χ1) is 15.4. The molecule has 3 aliphatic rings. The van der Waals surface area contributed by atoms with Crippen molar-refractivity contribution >= 4 is 28.8 Å². The van der Waals surface area contributed by atoms with Gasteiger partial charge in [-0.3, -0.25) is 4.79 Å². The molecule has 1 amide bonds. The molecule has 1 atom stereocenters. The van der Waals surface area contributed by atoms with Gasteiger partial charge < -0.3 is 14.5 Å². The molecule has 3 aliphatic heterocycles. The van der Waals surface area contributed by atoms with Crippen LogP contribution in [0.5, 0.6) is 0 Å². The zero-order valence-corrected chi connectivity index (χ0v) is 19.5. The highest BCUT2D eigenvalue weighted by Gasteiger charge is 2.42. The Kier molecular flexibility index (Phi) is 6.69. The van der Waals surface area contributed by atoms with Crippen molar-refractivity contribution in [1.82, 2.24) is 9.80 Å². The summed E-state index contributed by atoms with van der Waals surface area (Å²) < 4.78 is 19.3. The molecule has 0 aliphatic carbocycles. The van der Waals surface area contributed by atoms with Gasteiger partial charge in [0.1, 0.15) is 5.82 Å². The topological polar surface area (TPSA) is 62.2 Å². The van der Waals surface area contributed by atoms with E-state index in [1.165, 1.54) is 31.0 Å². The SMILES string of the molecule is CCC1=C(C(=O)OC)C(c2cccc(F)c2)N2C(CC(=O)N3CCC(C)CC3)=CSC2=N1. The molecule has 1 aromatic carbocycles. The summed E-state index contributed by atoms with van der Waals surface area (Å²) >= 11 is 1.43. The van der Waals surface area contributed by atoms with Crippen LogP contribution in [0.2, 0.25) is 0 Å². The van der Waals surface area contributed by atoms with Crippen molar-refractivity contribution in [3.8, 4) is 0 Å². The number of esters is 1. The normalized spacial score (nSPS) is 21.3. The lowest BCUT2D eigenvalue weighted by Gasteiger charge is -2.37. The van der Waals surface area contributed by atoms with E-state index in [0.29, 0.717) is 34.3 Å². The maximum atomic E-state index is 14.2. The molecule has 1 aromatic rings. The number of piperidine rings is 1. The number of rotatable bonds is 5. The van der Waals surface area contributed by atoms with E-state index in [1.807, 2.05) is 22.1 Å². The van der Waals surface area contributed by atoms with E-state index in [-0.39, 0.29) is 18.1 Å². The standard InChI is InChI=1S/C24H28FN3O3S/c1-4-19-21(23(30)31-3)22(16-6-5-7-17(25)12-16)28-18(14-32-24(28)26-19)13-20(29)27-10-8-15(2)9-11-27/h5-7,12,14-15,22H,4,8-11,13H2,1-3H3. The number of hydrogen-bond donors (Lipinski definition) is 0. The Morgan fingerprint density at radius 2 is 2.03 bits per heavy atom. The second kappa shape index (κ2) is 9.48. The number of amidine groups is 1. The number of hydrogen-bond acceptors (Lipinski definition) is 6. The van der Waals surface area contributed by atoms with Gasteiger partial charge in [0.2, 0.25) is 5.91 Å². The van der Waals surface area contributed by atoms with Crippen LogP contribution in [0.15, 0.2) is 51.6 Å². The summed E-state index contributed by atoms with van der Waals surface area (Å²) in [5.41, 5.74) is 2.40. The number of thioether (sulfide) groups is 1. The molecule has 0 N–H and O–H groups in total. The fraction of sp³-hybridized carbons (Fsp3) is 0.458. The lowest BCUT2D eigenvalue weighted by atomic mass is 9.92. The number of nitrogens with zero attached hydrogens (tertiary/aromatic N) is 3. The van der Waals surface area contributed by atoms with Gasteiger partial charge >= 0.3 is 5.97 Å². The number of carbonyl (C=O) groups excluding carboxylic acids is 2. The van der Waals surface area contributed by atoms with Crippen molar-refractivity contribution in [2.75, 3.05) is 20.2 Å². The zero-order chi connectivity index (χ0) is 22.8. The molecule has 1 fully saturated rings. The van der Waals surface area contributed by atoms with Crippen molar-refractivity contribution in [3.05, 3.63) is 58.0 Å². The minimum absolute atomic E-state index is 0.0629. The lowest BCUT2D eigenvalue weighted by Crippen LogP contribution is -2.41. The van der Waals surface area contributed by atoms with Gasteiger partial charge in [-0.2, -0.15) is 0 Å². The minimum atomic E-state index is -0.601. The molecule has 0 spiro atoms. The summed E-state index contributed by atoms with van der Waals surface area (Å²) in [6.07, 6.45) is 2.77. The highest BCUT2D eigenvalue weighted by molar-refractivity contribution is 8.16. The highest BCUT2D eigenvalue weighted by Crippen LogP contribution is 2.45. The van der Waals surface area contributed by atoms with Gasteiger partial charge in [-0.15, -0.1) is 0 Å². The molecule has 4 rings (SSSR count). The number of methoxy groups -OCH3 is 1. The second-order valence-electron chi connectivity index (χ2n) is 8.39. The number of carbonyl (C=O) groups is 2. The van der Waals surface area contributed by atoms with Crippen molar-refractivity contribution in [2.24, 2.45) is 10.9 Å². The van der Waals surface area contributed by atoms with Crippen LogP contribution in [0.4, 0.5) is 4.39 Å². The Morgan fingerprint density at radius 1 is 1.28 bits per heavy atom. The second-order valence-corrected chi connectivity index (χ2v) is 9.23. The van der Waals surface area contributed by atoms with E-state index in [2.05, 4.69) is 6.92 Å². The number of ether oxygens (including phenoxy) is 1. The Bertz CT molecular complexity index is 1010. The summed E-state index contributed by atoms with van der Waals surface area (Å²) in [5.74, 6) is -0.178. The molecule has 8 heteroatoms. The van der Waals surface area contributed by atoms with Crippen LogP contribution in [0.25, 0.3) is 0 Å². The molecule has 170 valence electrons. The Morgan fingerprint density at radius 3 is 2.69 bits per heavy atom. The van der Waals surface area contributed by atoms with Gasteiger partial charge in [0.15, 0.2) is 5.17 Å². The van der Waals surface area contributed by atoms with Crippen LogP contribution < -0.4 is 0 Å². The van der Waals surface area contributed by atoms with E-state index >= 15 is 0 Å². The smallest absolute Gasteiger partial charge is 0.338 e. The largest absolute Gasteiger partial charge is 0.466 e. The van der Waals surface area contributed by atoms with Gasteiger partial charge in [0, 0.05) is 18.8 Å². The first-order valence-electron chi connectivity index (χ1n) is 11.0. The van der Waals surface area contributed by atoms with E-state index < -0.39 is 12.0 Å². The monoisotopic (exact) mass is 457 g/mol. The third-order valence-corrected chi connectivity index (χ3v) is 7.15. The van der Waals surface area contributed by atoms with Crippen molar-refractivity contribution in [2.45, 2.75) is 45.6 Å². The average molecular weight is 458 g/mol. The van der Waals surface area contributed by atoms with Gasteiger partial charge in [-0.25, -0.2) is 14.2 Å². The number of fused-ring (bicyclic) bond motifs is 1. The van der Waals surface area contributed by atoms with Crippen molar-refractivity contribution < 1.29 is 18.7 Å². The molecule has 32 heavy (non-hydrogen) atoms. The van der Waals surface area contributed by atoms with Crippen molar-refractivity contribution in [3.63, 3.8) is 0 Å². The lowest BCUT2D eigenvalue weighted by molar-refractivity contribution is -0.136. The number of benzene rings is 1. The molecule has 3 heterocycles. The Hall–Kier alpha value is -2.61. The van der Waals surface area contributed by atoms with Crippen LogP contribution in [0, 0.1) is 11.7 Å². The van der Waals surface area contributed by atoms with Crippen LogP contribution >= 0.6 is 11.8 Å². The fourth-order valence-electron chi connectivity index (χ4n) is 4.43. The summed E-state index contributed by atoms with van der Waals surface area (Å²) in [6.45, 7) is 5.67. The van der Waals surface area contributed by atoms with E-state index in [1.54, 1.807) is 12.1 Å². The molecule has 1 saturated heterocycles. The molecule has 0 saturated carbocycles. The molecule has 0 aromatic heterocycles. The van der Waals surface area contributed by atoms with Crippen LogP contribution in [-0.2, 0) is 14.3 Å². The number of aliphatic imine (C=N–C) groups is 1. The Balaban J connectivity index is 1.69. The van der Waals surface area contributed by atoms with Gasteiger partial charge in [0.05, 0.1) is 30.8 Å². The maximum absolute atomic E-state index is 14.2. The summed E-state index contributed by atoms with van der Waals surface area (Å²) in [5, 5.41) is 2.61. The zero-order valence-electron chi connectivity index (χ0n) is 18.6. The van der Waals surface area contributed by atoms with E-state index in [9.17, 15) is 14.0 Å². The van der Waals surface area contributed by atoms with E-state index in [0.717, 1.165) is 31.6 Å². The number of halogens is 1. The third kappa shape index (κ3) is 4.33. The molecular weight excluding hydrogens is 429 g/mol. The predicted octanol–water partition coefficient (Wildman–Crippen LogP) is 4.61. The van der Waals surface area contributed by atoms with Crippen LogP contribution in [-0.4, -0.2) is 47.0 Å². The third-order valence-electron chi connectivity index (χ3n) is 6.26. The molecule has 6 nitrogen and oxygen atoms in total. The predicted molar refractivity (Wildman–Crippen MR) is 123 cm³/mol. The first kappa shape index (κ1) is 22.6. The molecular formula is C24H28FN3O3S.